The summed E-state index contributed by atoms with van der Waals surface area (Å²) in [6, 6.07) is 9.93. The molecule has 1 aromatic carbocycles. The van der Waals surface area contributed by atoms with Crippen LogP contribution in [0.5, 0.6) is 0 Å². The minimum atomic E-state index is -0.315. The highest BCUT2D eigenvalue weighted by Crippen LogP contribution is 2.32. The second-order valence-corrected chi connectivity index (χ2v) is 5.06. The van der Waals surface area contributed by atoms with Crippen molar-refractivity contribution in [2.24, 2.45) is 16.8 Å². The van der Waals surface area contributed by atoms with E-state index in [2.05, 4.69) is 29.1 Å². The molecule has 0 saturated carbocycles. The summed E-state index contributed by atoms with van der Waals surface area (Å²) in [7, 11) is 0. The van der Waals surface area contributed by atoms with E-state index < -0.39 is 0 Å². The summed E-state index contributed by atoms with van der Waals surface area (Å²) in [6.45, 7) is 3.29. The molecule has 0 aliphatic carbocycles. The fourth-order valence-corrected chi connectivity index (χ4v) is 2.94. The van der Waals surface area contributed by atoms with Gasteiger partial charge in [0, 0.05) is 12.0 Å². The number of hydrogen-bond acceptors (Lipinski definition) is 4. The van der Waals surface area contributed by atoms with Crippen LogP contribution in [-0.4, -0.2) is 29.9 Å². The predicted octanol–water partition coefficient (Wildman–Crippen LogP) is 1.95. The lowest BCUT2D eigenvalue weighted by Crippen LogP contribution is -2.45. The molecule has 19 heavy (non-hydrogen) atoms. The number of likely N-dealkylation sites (tertiary alicyclic amines) is 1. The van der Waals surface area contributed by atoms with Crippen molar-refractivity contribution in [3.05, 3.63) is 35.9 Å². The lowest BCUT2D eigenvalue weighted by atomic mass is 9.98. The standard InChI is InChI=1S/C14H20N4O/c1-10(11-5-3-2-4-6-11)18-8-7-12(9-17-16)13(18)14(15)19/h2-6,10,12-13,16H,7-9H2,1H3,(H2,15,19). The van der Waals surface area contributed by atoms with Crippen LogP contribution in [0.2, 0.25) is 0 Å². The molecular formula is C14H20N4O. The van der Waals surface area contributed by atoms with Gasteiger partial charge in [-0.05, 0) is 25.5 Å². The van der Waals surface area contributed by atoms with Gasteiger partial charge in [-0.2, -0.15) is 5.11 Å². The first-order valence-corrected chi connectivity index (χ1v) is 6.58. The number of nitrogens with one attached hydrogen (secondary N) is 1. The Hall–Kier alpha value is -1.75. The predicted molar refractivity (Wildman–Crippen MR) is 72.7 cm³/mol. The maximum atomic E-state index is 11.7. The molecule has 3 N–H and O–H groups in total. The van der Waals surface area contributed by atoms with Crippen LogP contribution in [-0.2, 0) is 4.79 Å². The molecule has 102 valence electrons. The van der Waals surface area contributed by atoms with Gasteiger partial charge in [0.2, 0.25) is 5.91 Å². The second-order valence-electron chi connectivity index (χ2n) is 5.06. The molecule has 3 unspecified atom stereocenters. The average Bonchev–Trinajstić information content (AvgIpc) is 2.83. The second kappa shape index (κ2) is 5.93. The molecule has 0 spiro atoms. The summed E-state index contributed by atoms with van der Waals surface area (Å²) >= 11 is 0. The van der Waals surface area contributed by atoms with Crippen molar-refractivity contribution in [1.82, 2.24) is 4.90 Å². The molecule has 0 radical (unpaired) electrons. The quantitative estimate of drug-likeness (QED) is 0.793. The average molecular weight is 260 g/mol. The maximum Gasteiger partial charge on any atom is 0.235 e. The summed E-state index contributed by atoms with van der Waals surface area (Å²) in [5.74, 6) is -0.241. The Morgan fingerprint density at radius 1 is 1.53 bits per heavy atom. The highest BCUT2D eigenvalue weighted by molar-refractivity contribution is 5.80. The number of primary amides is 1. The molecular weight excluding hydrogens is 240 g/mol. The minimum absolute atomic E-state index is 0.0705. The summed E-state index contributed by atoms with van der Waals surface area (Å²) < 4.78 is 0. The highest BCUT2D eigenvalue weighted by atomic mass is 16.1. The van der Waals surface area contributed by atoms with E-state index in [-0.39, 0.29) is 23.9 Å². The number of nitrogens with two attached hydrogens (primary N) is 1. The molecule has 1 saturated heterocycles. The first-order chi connectivity index (χ1) is 9.15. The zero-order valence-electron chi connectivity index (χ0n) is 11.1. The Morgan fingerprint density at radius 3 is 2.79 bits per heavy atom. The van der Waals surface area contributed by atoms with Gasteiger partial charge < -0.3 is 5.73 Å². The van der Waals surface area contributed by atoms with Gasteiger partial charge >= 0.3 is 0 Å². The van der Waals surface area contributed by atoms with Crippen molar-refractivity contribution >= 4 is 5.91 Å². The Labute approximate surface area is 113 Å². The molecule has 1 heterocycles. The van der Waals surface area contributed by atoms with E-state index >= 15 is 0 Å². The number of benzene rings is 1. The van der Waals surface area contributed by atoms with E-state index in [1.54, 1.807) is 0 Å². The molecule has 1 amide bonds. The number of carbonyl (C=O) groups is 1. The van der Waals surface area contributed by atoms with Gasteiger partial charge in [-0.25, -0.2) is 5.53 Å². The zero-order valence-corrected chi connectivity index (χ0v) is 11.1. The topological polar surface area (TPSA) is 82.5 Å². The Kier molecular flexibility index (Phi) is 4.27. The molecule has 1 fully saturated rings. The van der Waals surface area contributed by atoms with Gasteiger partial charge in [-0.1, -0.05) is 30.3 Å². The van der Waals surface area contributed by atoms with Crippen LogP contribution in [0.3, 0.4) is 0 Å². The fourth-order valence-electron chi connectivity index (χ4n) is 2.94. The van der Waals surface area contributed by atoms with Gasteiger partial charge in [0.15, 0.2) is 0 Å². The normalized spacial score (nSPS) is 25.1. The van der Waals surface area contributed by atoms with Crippen molar-refractivity contribution in [3.8, 4) is 0 Å². The molecule has 1 aliphatic heterocycles. The van der Waals surface area contributed by atoms with E-state index in [0.717, 1.165) is 13.0 Å². The first kappa shape index (κ1) is 13.7. The van der Waals surface area contributed by atoms with Gasteiger partial charge in [0.25, 0.3) is 0 Å². The molecule has 2 rings (SSSR count). The third-order valence-corrected chi connectivity index (χ3v) is 3.96. The highest BCUT2D eigenvalue weighted by Gasteiger charge is 2.40. The third kappa shape index (κ3) is 2.81. The smallest absolute Gasteiger partial charge is 0.235 e. The number of hydrogen-bond donors (Lipinski definition) is 2. The van der Waals surface area contributed by atoms with Gasteiger partial charge in [0.05, 0.1) is 12.6 Å². The van der Waals surface area contributed by atoms with E-state index in [9.17, 15) is 4.79 Å². The van der Waals surface area contributed by atoms with E-state index in [0.29, 0.717) is 6.54 Å². The van der Waals surface area contributed by atoms with Gasteiger partial charge in [-0.15, -0.1) is 0 Å². The number of carbonyl (C=O) groups excluding carboxylic acids is 1. The summed E-state index contributed by atoms with van der Waals surface area (Å²) in [6.07, 6.45) is 0.868. The Morgan fingerprint density at radius 2 is 2.21 bits per heavy atom. The first-order valence-electron chi connectivity index (χ1n) is 6.58. The lowest BCUT2D eigenvalue weighted by molar-refractivity contribution is -0.124. The number of amides is 1. The fraction of sp³-hybridized carbons (Fsp3) is 0.500. The van der Waals surface area contributed by atoms with E-state index in [4.69, 9.17) is 11.3 Å². The molecule has 5 heteroatoms. The number of rotatable bonds is 5. The molecule has 1 aromatic rings. The Balaban J connectivity index is 2.19. The summed E-state index contributed by atoms with van der Waals surface area (Å²) in [5.41, 5.74) is 13.7. The van der Waals surface area contributed by atoms with Crippen molar-refractivity contribution in [2.75, 3.05) is 13.1 Å². The lowest BCUT2D eigenvalue weighted by Gasteiger charge is -2.30. The molecule has 3 atom stereocenters. The summed E-state index contributed by atoms with van der Waals surface area (Å²) in [4.78, 5) is 13.8. The Bertz CT molecular complexity index is 448. The SMILES string of the molecule is CC(c1ccccc1)N1CCC(CN=N)C1C(N)=O. The van der Waals surface area contributed by atoms with E-state index in [1.807, 2.05) is 18.2 Å². The van der Waals surface area contributed by atoms with Crippen LogP contribution < -0.4 is 5.73 Å². The molecule has 0 bridgehead atoms. The van der Waals surface area contributed by atoms with Crippen LogP contribution in [0.25, 0.3) is 0 Å². The zero-order chi connectivity index (χ0) is 13.8. The van der Waals surface area contributed by atoms with Crippen LogP contribution in [0, 0.1) is 11.4 Å². The van der Waals surface area contributed by atoms with Crippen LogP contribution >= 0.6 is 0 Å². The van der Waals surface area contributed by atoms with Crippen molar-refractivity contribution < 1.29 is 4.79 Å². The van der Waals surface area contributed by atoms with Crippen LogP contribution in [0.4, 0.5) is 0 Å². The maximum absolute atomic E-state index is 11.7. The van der Waals surface area contributed by atoms with E-state index in [1.165, 1.54) is 5.56 Å². The number of nitrogens with zero attached hydrogens (tertiary/aromatic N) is 2. The van der Waals surface area contributed by atoms with Gasteiger partial charge in [-0.3, -0.25) is 9.69 Å². The van der Waals surface area contributed by atoms with Gasteiger partial charge in [0.1, 0.15) is 0 Å². The van der Waals surface area contributed by atoms with Crippen LogP contribution in [0.15, 0.2) is 35.4 Å². The summed E-state index contributed by atoms with van der Waals surface area (Å²) in [5, 5.41) is 3.43. The largest absolute Gasteiger partial charge is 0.368 e. The van der Waals surface area contributed by atoms with Crippen molar-refractivity contribution in [2.45, 2.75) is 25.4 Å². The molecule has 5 nitrogen and oxygen atoms in total. The van der Waals surface area contributed by atoms with Crippen LogP contribution in [0.1, 0.15) is 24.9 Å². The molecule has 0 aromatic heterocycles. The monoisotopic (exact) mass is 260 g/mol. The molecule has 1 aliphatic rings. The van der Waals surface area contributed by atoms with Crippen molar-refractivity contribution in [3.63, 3.8) is 0 Å². The van der Waals surface area contributed by atoms with Crippen molar-refractivity contribution in [1.29, 1.82) is 5.53 Å². The minimum Gasteiger partial charge on any atom is -0.368 e. The third-order valence-electron chi connectivity index (χ3n) is 3.96.